The van der Waals surface area contributed by atoms with E-state index in [1.165, 1.54) is 71.1 Å². The molecule has 0 amide bonds. The fraction of sp³-hybridized carbons (Fsp3) is 1.00. The molecule has 0 aromatic heterocycles. The molecule has 0 atom stereocenters. The minimum Gasteiger partial charge on any atom is -0.316 e. The smallest absolute Gasteiger partial charge is 0.00471 e. The highest BCUT2D eigenvalue weighted by molar-refractivity contribution is 4.87. The summed E-state index contributed by atoms with van der Waals surface area (Å²) in [5, 5.41) is 3.69. The zero-order chi connectivity index (χ0) is 14.1. The third kappa shape index (κ3) is 6.76. The molecule has 2 nitrogen and oxygen atoms in total. The van der Waals surface area contributed by atoms with Crippen LogP contribution >= 0.6 is 0 Å². The van der Waals surface area contributed by atoms with E-state index in [0.29, 0.717) is 5.41 Å². The van der Waals surface area contributed by atoms with Crippen LogP contribution in [0.4, 0.5) is 0 Å². The van der Waals surface area contributed by atoms with E-state index >= 15 is 0 Å². The normalized spacial score (nSPS) is 19.3. The van der Waals surface area contributed by atoms with Crippen LogP contribution in [0.3, 0.4) is 0 Å². The monoisotopic (exact) mass is 268 g/mol. The zero-order valence-corrected chi connectivity index (χ0v) is 13.8. The van der Waals surface area contributed by atoms with E-state index in [4.69, 9.17) is 0 Å². The number of hydrogen-bond acceptors (Lipinski definition) is 2. The SMILES string of the molecule is CCCNCC1(CN(C)CCC(C)C)CCCCC1. The summed E-state index contributed by atoms with van der Waals surface area (Å²) in [6, 6.07) is 0. The molecular formula is C17H36N2. The molecule has 114 valence electrons. The van der Waals surface area contributed by atoms with Crippen LogP contribution < -0.4 is 5.32 Å². The quantitative estimate of drug-likeness (QED) is 0.638. The van der Waals surface area contributed by atoms with Crippen molar-refractivity contribution in [2.75, 3.05) is 33.2 Å². The standard InChI is InChI=1S/C17H36N2/c1-5-12-18-14-17(10-7-6-8-11-17)15-19(4)13-9-16(2)3/h16,18H,5-15H2,1-4H3. The molecule has 1 aliphatic carbocycles. The van der Waals surface area contributed by atoms with Crippen LogP contribution in [0.25, 0.3) is 0 Å². The molecule has 0 aromatic carbocycles. The molecule has 0 heterocycles. The van der Waals surface area contributed by atoms with E-state index in [-0.39, 0.29) is 0 Å². The molecule has 1 rings (SSSR count). The fourth-order valence-corrected chi connectivity index (χ4v) is 3.35. The van der Waals surface area contributed by atoms with Crippen molar-refractivity contribution in [2.45, 2.75) is 65.7 Å². The first-order valence-corrected chi connectivity index (χ1v) is 8.47. The van der Waals surface area contributed by atoms with Crippen LogP contribution in [0.5, 0.6) is 0 Å². The highest BCUT2D eigenvalue weighted by atomic mass is 15.1. The molecule has 1 aliphatic rings. The van der Waals surface area contributed by atoms with Gasteiger partial charge in [0.1, 0.15) is 0 Å². The Morgan fingerprint density at radius 3 is 2.42 bits per heavy atom. The van der Waals surface area contributed by atoms with Crippen LogP contribution in [0.2, 0.25) is 0 Å². The highest BCUT2D eigenvalue weighted by Crippen LogP contribution is 2.36. The molecule has 0 saturated heterocycles. The third-order valence-electron chi connectivity index (χ3n) is 4.53. The predicted molar refractivity (Wildman–Crippen MR) is 85.6 cm³/mol. The minimum absolute atomic E-state index is 0.555. The summed E-state index contributed by atoms with van der Waals surface area (Å²) >= 11 is 0. The minimum atomic E-state index is 0.555. The average molecular weight is 268 g/mol. The summed E-state index contributed by atoms with van der Waals surface area (Å²) in [6.45, 7) is 11.9. The van der Waals surface area contributed by atoms with Crippen LogP contribution in [0, 0.1) is 11.3 Å². The van der Waals surface area contributed by atoms with Crippen LogP contribution in [0.1, 0.15) is 65.7 Å². The molecule has 1 saturated carbocycles. The van der Waals surface area contributed by atoms with Gasteiger partial charge in [-0.15, -0.1) is 0 Å². The van der Waals surface area contributed by atoms with E-state index in [2.05, 4.69) is 38.0 Å². The molecule has 2 heteroatoms. The second-order valence-corrected chi connectivity index (χ2v) is 7.16. The van der Waals surface area contributed by atoms with E-state index in [1.807, 2.05) is 0 Å². The van der Waals surface area contributed by atoms with Gasteiger partial charge >= 0.3 is 0 Å². The van der Waals surface area contributed by atoms with Gasteiger partial charge in [0.05, 0.1) is 0 Å². The Hall–Kier alpha value is -0.0800. The zero-order valence-electron chi connectivity index (χ0n) is 13.8. The van der Waals surface area contributed by atoms with E-state index in [9.17, 15) is 0 Å². The van der Waals surface area contributed by atoms with Gasteiger partial charge in [-0.05, 0) is 57.2 Å². The molecule has 0 bridgehead atoms. The molecule has 0 aromatic rings. The molecule has 0 spiro atoms. The second kappa shape index (κ2) is 8.97. The van der Waals surface area contributed by atoms with Gasteiger partial charge in [0, 0.05) is 13.1 Å². The Morgan fingerprint density at radius 1 is 1.16 bits per heavy atom. The molecule has 19 heavy (non-hydrogen) atoms. The molecule has 0 unspecified atom stereocenters. The number of nitrogens with zero attached hydrogens (tertiary/aromatic N) is 1. The lowest BCUT2D eigenvalue weighted by Crippen LogP contribution is -2.44. The van der Waals surface area contributed by atoms with Gasteiger partial charge in [0.25, 0.3) is 0 Å². The summed E-state index contributed by atoms with van der Waals surface area (Å²) in [4.78, 5) is 2.58. The summed E-state index contributed by atoms with van der Waals surface area (Å²) in [7, 11) is 2.32. The van der Waals surface area contributed by atoms with Gasteiger partial charge in [-0.2, -0.15) is 0 Å². The van der Waals surface area contributed by atoms with Crippen molar-refractivity contribution >= 4 is 0 Å². The Bertz CT molecular complexity index is 219. The van der Waals surface area contributed by atoms with Crippen LogP contribution in [0.15, 0.2) is 0 Å². The Morgan fingerprint density at radius 2 is 1.84 bits per heavy atom. The van der Waals surface area contributed by atoms with E-state index in [1.54, 1.807) is 0 Å². The lowest BCUT2D eigenvalue weighted by atomic mass is 9.73. The highest BCUT2D eigenvalue weighted by Gasteiger charge is 2.32. The maximum Gasteiger partial charge on any atom is 0.00471 e. The van der Waals surface area contributed by atoms with Gasteiger partial charge in [0.15, 0.2) is 0 Å². The molecule has 0 aliphatic heterocycles. The largest absolute Gasteiger partial charge is 0.316 e. The van der Waals surface area contributed by atoms with Crippen LogP contribution in [-0.4, -0.2) is 38.1 Å². The van der Waals surface area contributed by atoms with E-state index < -0.39 is 0 Å². The first-order valence-electron chi connectivity index (χ1n) is 8.47. The second-order valence-electron chi connectivity index (χ2n) is 7.16. The number of nitrogens with one attached hydrogen (secondary N) is 1. The van der Waals surface area contributed by atoms with Gasteiger partial charge in [-0.3, -0.25) is 0 Å². The number of hydrogen-bond donors (Lipinski definition) is 1. The fourth-order valence-electron chi connectivity index (χ4n) is 3.35. The van der Waals surface area contributed by atoms with Crippen LogP contribution in [-0.2, 0) is 0 Å². The third-order valence-corrected chi connectivity index (χ3v) is 4.53. The maximum absolute atomic E-state index is 3.69. The summed E-state index contributed by atoms with van der Waals surface area (Å²) in [5.41, 5.74) is 0.555. The lowest BCUT2D eigenvalue weighted by Gasteiger charge is -2.40. The topological polar surface area (TPSA) is 15.3 Å². The maximum atomic E-state index is 3.69. The summed E-state index contributed by atoms with van der Waals surface area (Å²) in [5.74, 6) is 0.822. The van der Waals surface area contributed by atoms with Gasteiger partial charge in [-0.25, -0.2) is 0 Å². The van der Waals surface area contributed by atoms with Crippen molar-refractivity contribution in [3.05, 3.63) is 0 Å². The summed E-state index contributed by atoms with van der Waals surface area (Å²) in [6.07, 6.45) is 9.75. The number of rotatable bonds is 9. The Labute approximate surface area is 121 Å². The van der Waals surface area contributed by atoms with Crippen molar-refractivity contribution < 1.29 is 0 Å². The summed E-state index contributed by atoms with van der Waals surface area (Å²) < 4.78 is 0. The van der Waals surface area contributed by atoms with Crippen molar-refractivity contribution in [1.82, 2.24) is 10.2 Å². The first kappa shape index (κ1) is 17.0. The van der Waals surface area contributed by atoms with Crippen molar-refractivity contribution in [2.24, 2.45) is 11.3 Å². The molecule has 1 fully saturated rings. The van der Waals surface area contributed by atoms with Crippen molar-refractivity contribution in [1.29, 1.82) is 0 Å². The average Bonchev–Trinajstić information content (AvgIpc) is 2.38. The first-order chi connectivity index (χ1) is 9.08. The van der Waals surface area contributed by atoms with Gasteiger partial charge < -0.3 is 10.2 Å². The predicted octanol–water partition coefficient (Wildman–Crippen LogP) is 3.91. The van der Waals surface area contributed by atoms with Crippen molar-refractivity contribution in [3.63, 3.8) is 0 Å². The molecule has 1 N–H and O–H groups in total. The van der Waals surface area contributed by atoms with Gasteiger partial charge in [-0.1, -0.05) is 40.0 Å². The molecule has 0 radical (unpaired) electrons. The Balaban J connectivity index is 2.43. The van der Waals surface area contributed by atoms with Crippen molar-refractivity contribution in [3.8, 4) is 0 Å². The molecular weight excluding hydrogens is 232 g/mol. The van der Waals surface area contributed by atoms with E-state index in [0.717, 1.165) is 5.92 Å². The lowest BCUT2D eigenvalue weighted by molar-refractivity contribution is 0.115. The Kier molecular flexibility index (Phi) is 8.01. The van der Waals surface area contributed by atoms with Gasteiger partial charge in [0.2, 0.25) is 0 Å².